The van der Waals surface area contributed by atoms with Crippen LogP contribution in [0.15, 0.2) is 22.7 Å². The van der Waals surface area contributed by atoms with E-state index in [1.54, 1.807) is 0 Å². The lowest BCUT2D eigenvalue weighted by Gasteiger charge is -2.08. The molecule has 2 nitrogen and oxygen atoms in total. The molecule has 16 heavy (non-hydrogen) atoms. The van der Waals surface area contributed by atoms with Crippen molar-refractivity contribution in [3.63, 3.8) is 0 Å². The van der Waals surface area contributed by atoms with E-state index in [2.05, 4.69) is 22.9 Å². The Labute approximate surface area is 110 Å². The molecule has 0 aromatic heterocycles. The van der Waals surface area contributed by atoms with Gasteiger partial charge in [0, 0.05) is 0 Å². The summed E-state index contributed by atoms with van der Waals surface area (Å²) in [6, 6.07) is 5.65. The van der Waals surface area contributed by atoms with E-state index in [-0.39, 0.29) is 6.61 Å². The molecule has 0 aliphatic rings. The first-order chi connectivity index (χ1) is 7.77. The van der Waals surface area contributed by atoms with Gasteiger partial charge in [-0.2, -0.15) is 11.8 Å². The van der Waals surface area contributed by atoms with Gasteiger partial charge in [0.25, 0.3) is 0 Å². The summed E-state index contributed by atoms with van der Waals surface area (Å²) in [5.74, 6) is 3.15. The van der Waals surface area contributed by atoms with Crippen LogP contribution in [0.3, 0.4) is 0 Å². The summed E-state index contributed by atoms with van der Waals surface area (Å²) in [7, 11) is 0. The molecule has 0 aliphatic carbocycles. The molecule has 0 bridgehead atoms. The minimum absolute atomic E-state index is 0.0615. The Bertz CT molecular complexity index is 318. The second-order valence-electron chi connectivity index (χ2n) is 3.32. The molecule has 0 saturated heterocycles. The zero-order chi connectivity index (χ0) is 11.8. The predicted octanol–water partition coefficient (Wildman–Crippen LogP) is 3.46. The number of hydrogen-bond acceptors (Lipinski definition) is 3. The molecule has 0 spiro atoms. The smallest absolute Gasteiger partial charge is 0.133 e. The number of halogens is 1. The lowest BCUT2D eigenvalue weighted by molar-refractivity contribution is 0.281. The summed E-state index contributed by atoms with van der Waals surface area (Å²) in [5.41, 5.74) is 0.890. The molecule has 1 aromatic carbocycles. The first-order valence-corrected chi connectivity index (χ1v) is 7.32. The Balaban J connectivity index is 2.36. The second-order valence-corrected chi connectivity index (χ2v) is 5.57. The van der Waals surface area contributed by atoms with Gasteiger partial charge in [-0.05, 0) is 51.6 Å². The van der Waals surface area contributed by atoms with Crippen molar-refractivity contribution in [3.8, 4) is 5.75 Å². The molecule has 0 saturated carbocycles. The quantitative estimate of drug-likeness (QED) is 0.782. The largest absolute Gasteiger partial charge is 0.492 e. The molecular formula is C12H17BrO2S. The van der Waals surface area contributed by atoms with Crippen LogP contribution in [-0.4, -0.2) is 23.2 Å². The predicted molar refractivity (Wildman–Crippen MR) is 73.2 cm³/mol. The SMILES string of the molecule is CCSCCCOc1ccc(CO)cc1Br. The summed E-state index contributed by atoms with van der Waals surface area (Å²) in [5, 5.41) is 8.96. The lowest BCUT2D eigenvalue weighted by atomic mass is 10.2. The van der Waals surface area contributed by atoms with Crippen LogP contribution < -0.4 is 4.74 Å². The van der Waals surface area contributed by atoms with Gasteiger partial charge in [-0.15, -0.1) is 0 Å². The monoisotopic (exact) mass is 304 g/mol. The highest BCUT2D eigenvalue weighted by Crippen LogP contribution is 2.26. The summed E-state index contributed by atoms with van der Waals surface area (Å²) >= 11 is 5.36. The first kappa shape index (κ1) is 13.9. The molecule has 0 radical (unpaired) electrons. The Morgan fingerprint density at radius 3 is 2.88 bits per heavy atom. The molecule has 1 N–H and O–H groups in total. The van der Waals surface area contributed by atoms with Gasteiger partial charge in [0.15, 0.2) is 0 Å². The Kier molecular flexibility index (Phi) is 6.92. The molecule has 0 aliphatic heterocycles. The number of hydrogen-bond donors (Lipinski definition) is 1. The second kappa shape index (κ2) is 7.98. The molecule has 0 atom stereocenters. The van der Waals surface area contributed by atoms with Crippen molar-refractivity contribution in [2.24, 2.45) is 0 Å². The van der Waals surface area contributed by atoms with E-state index in [9.17, 15) is 0 Å². The standard InChI is InChI=1S/C12H17BrO2S/c1-2-16-7-3-6-15-12-5-4-10(9-14)8-11(12)13/h4-5,8,14H,2-3,6-7,9H2,1H3. The van der Waals surface area contributed by atoms with Crippen LogP contribution in [-0.2, 0) is 6.61 Å². The van der Waals surface area contributed by atoms with Crippen LogP contribution in [0.25, 0.3) is 0 Å². The fourth-order valence-electron chi connectivity index (χ4n) is 1.25. The number of ether oxygens (including phenoxy) is 1. The summed E-state index contributed by atoms with van der Waals surface area (Å²) in [6.07, 6.45) is 1.06. The topological polar surface area (TPSA) is 29.5 Å². The third kappa shape index (κ3) is 4.76. The Morgan fingerprint density at radius 1 is 1.44 bits per heavy atom. The summed E-state index contributed by atoms with van der Waals surface area (Å²) in [6.45, 7) is 2.96. The van der Waals surface area contributed by atoms with Crippen LogP contribution in [0.4, 0.5) is 0 Å². The third-order valence-corrected chi connectivity index (χ3v) is 3.68. The third-order valence-electron chi connectivity index (χ3n) is 2.07. The van der Waals surface area contributed by atoms with Gasteiger partial charge < -0.3 is 9.84 Å². The van der Waals surface area contributed by atoms with Gasteiger partial charge in [0.05, 0.1) is 17.7 Å². The molecule has 1 rings (SSSR count). The fraction of sp³-hybridized carbons (Fsp3) is 0.500. The Hall–Kier alpha value is -0.190. The fourth-order valence-corrected chi connectivity index (χ4v) is 2.40. The lowest BCUT2D eigenvalue weighted by Crippen LogP contribution is -1.99. The van der Waals surface area contributed by atoms with E-state index in [1.165, 1.54) is 0 Å². The number of aliphatic hydroxyl groups excluding tert-OH is 1. The van der Waals surface area contributed by atoms with Crippen molar-refractivity contribution in [3.05, 3.63) is 28.2 Å². The molecule has 4 heteroatoms. The maximum atomic E-state index is 8.96. The molecule has 0 fully saturated rings. The normalized spacial score (nSPS) is 10.4. The van der Waals surface area contributed by atoms with Gasteiger partial charge in [-0.1, -0.05) is 13.0 Å². The molecule has 0 unspecified atom stereocenters. The number of aliphatic hydroxyl groups is 1. The van der Waals surface area contributed by atoms with E-state index < -0.39 is 0 Å². The summed E-state index contributed by atoms with van der Waals surface area (Å²) < 4.78 is 6.55. The highest BCUT2D eigenvalue weighted by atomic mass is 79.9. The van der Waals surface area contributed by atoms with Crippen LogP contribution >= 0.6 is 27.7 Å². The van der Waals surface area contributed by atoms with E-state index in [0.29, 0.717) is 0 Å². The highest BCUT2D eigenvalue weighted by Gasteiger charge is 2.01. The van der Waals surface area contributed by atoms with E-state index >= 15 is 0 Å². The molecule has 0 heterocycles. The highest BCUT2D eigenvalue weighted by molar-refractivity contribution is 9.10. The van der Waals surface area contributed by atoms with Crippen molar-refractivity contribution in [1.82, 2.24) is 0 Å². The number of thioether (sulfide) groups is 1. The van der Waals surface area contributed by atoms with Crippen LogP contribution in [0.2, 0.25) is 0 Å². The maximum Gasteiger partial charge on any atom is 0.133 e. The van der Waals surface area contributed by atoms with Crippen LogP contribution in [0, 0.1) is 0 Å². The molecule has 0 amide bonds. The first-order valence-electron chi connectivity index (χ1n) is 5.37. The number of rotatable bonds is 7. The van der Waals surface area contributed by atoms with Gasteiger partial charge in [0.2, 0.25) is 0 Å². The van der Waals surface area contributed by atoms with Crippen molar-refractivity contribution in [2.75, 3.05) is 18.1 Å². The van der Waals surface area contributed by atoms with Gasteiger partial charge in [0.1, 0.15) is 5.75 Å². The average molecular weight is 305 g/mol. The zero-order valence-electron chi connectivity index (χ0n) is 9.41. The van der Waals surface area contributed by atoms with Crippen LogP contribution in [0.5, 0.6) is 5.75 Å². The summed E-state index contributed by atoms with van der Waals surface area (Å²) in [4.78, 5) is 0. The zero-order valence-corrected chi connectivity index (χ0v) is 11.8. The molecule has 90 valence electrons. The van der Waals surface area contributed by atoms with Crippen molar-refractivity contribution < 1.29 is 9.84 Å². The average Bonchev–Trinajstić information content (AvgIpc) is 2.30. The Morgan fingerprint density at radius 2 is 2.25 bits per heavy atom. The molecular weight excluding hydrogens is 288 g/mol. The minimum Gasteiger partial charge on any atom is -0.492 e. The van der Waals surface area contributed by atoms with Gasteiger partial charge in [-0.3, -0.25) is 0 Å². The van der Waals surface area contributed by atoms with Crippen molar-refractivity contribution in [1.29, 1.82) is 0 Å². The molecule has 1 aromatic rings. The van der Waals surface area contributed by atoms with Crippen LogP contribution in [0.1, 0.15) is 18.9 Å². The number of benzene rings is 1. The van der Waals surface area contributed by atoms with Crippen molar-refractivity contribution >= 4 is 27.7 Å². The van der Waals surface area contributed by atoms with E-state index in [4.69, 9.17) is 9.84 Å². The van der Waals surface area contributed by atoms with Crippen molar-refractivity contribution in [2.45, 2.75) is 20.0 Å². The van der Waals surface area contributed by atoms with Gasteiger partial charge in [-0.25, -0.2) is 0 Å². The van der Waals surface area contributed by atoms with E-state index in [0.717, 1.165) is 40.3 Å². The van der Waals surface area contributed by atoms with Gasteiger partial charge >= 0.3 is 0 Å². The maximum absolute atomic E-state index is 8.96. The minimum atomic E-state index is 0.0615. The van der Waals surface area contributed by atoms with E-state index in [1.807, 2.05) is 30.0 Å².